The molecule has 0 fully saturated rings. The van der Waals surface area contributed by atoms with Crippen LogP contribution < -0.4 is 0 Å². The zero-order chi connectivity index (χ0) is 8.32. The van der Waals surface area contributed by atoms with Crippen LogP contribution in [0, 0.1) is 11.3 Å². The van der Waals surface area contributed by atoms with Crippen molar-refractivity contribution in [3.05, 3.63) is 24.1 Å². The van der Waals surface area contributed by atoms with Crippen LogP contribution in [0.25, 0.3) is 0 Å². The lowest BCUT2D eigenvalue weighted by atomic mass is 9.94. The molecule has 0 bridgehead atoms. The quantitative estimate of drug-likeness (QED) is 0.570. The van der Waals surface area contributed by atoms with E-state index in [0.717, 1.165) is 0 Å². The molecule has 0 aromatic rings. The highest BCUT2D eigenvalue weighted by molar-refractivity contribution is 5.22. The SMILES string of the molecule is N#CCC1(F)C=CC=C(F)C1. The highest BCUT2D eigenvalue weighted by Gasteiger charge is 2.29. The summed E-state index contributed by atoms with van der Waals surface area (Å²) in [4.78, 5) is 0. The summed E-state index contributed by atoms with van der Waals surface area (Å²) in [6.45, 7) is 0. The number of allylic oxidation sites excluding steroid dienone is 4. The van der Waals surface area contributed by atoms with Crippen LogP contribution in [0.4, 0.5) is 8.78 Å². The number of alkyl halides is 1. The van der Waals surface area contributed by atoms with Crippen molar-refractivity contribution in [2.75, 3.05) is 0 Å². The minimum atomic E-state index is -1.78. The molecule has 0 N–H and O–H groups in total. The number of hydrogen-bond donors (Lipinski definition) is 0. The summed E-state index contributed by atoms with van der Waals surface area (Å²) in [6, 6.07) is 1.68. The maximum absolute atomic E-state index is 13.2. The molecule has 1 unspecified atom stereocenters. The predicted octanol–water partition coefficient (Wildman–Crippen LogP) is 2.42. The minimum absolute atomic E-state index is 0.287. The lowest BCUT2D eigenvalue weighted by molar-refractivity contribution is 0.219. The Bertz CT molecular complexity index is 249. The zero-order valence-electron chi connectivity index (χ0n) is 5.85. The van der Waals surface area contributed by atoms with Gasteiger partial charge in [-0.1, -0.05) is 6.08 Å². The second-order valence-electron chi connectivity index (χ2n) is 2.52. The molecule has 0 heterocycles. The first-order chi connectivity index (χ1) is 5.16. The van der Waals surface area contributed by atoms with Gasteiger partial charge in [-0.25, -0.2) is 8.78 Å². The summed E-state index contributed by atoms with van der Waals surface area (Å²) in [5.74, 6) is -0.509. The number of rotatable bonds is 1. The molecule has 0 aromatic heterocycles. The largest absolute Gasteiger partial charge is 0.238 e. The van der Waals surface area contributed by atoms with Gasteiger partial charge in [0.05, 0.1) is 12.5 Å². The van der Waals surface area contributed by atoms with E-state index in [4.69, 9.17) is 5.26 Å². The summed E-state index contributed by atoms with van der Waals surface area (Å²) < 4.78 is 25.7. The van der Waals surface area contributed by atoms with Gasteiger partial charge in [-0.2, -0.15) is 5.26 Å². The molecule has 3 heteroatoms. The summed E-state index contributed by atoms with van der Waals surface area (Å²) >= 11 is 0. The van der Waals surface area contributed by atoms with Crippen molar-refractivity contribution in [1.29, 1.82) is 5.26 Å². The fourth-order valence-electron chi connectivity index (χ4n) is 0.976. The van der Waals surface area contributed by atoms with Gasteiger partial charge in [0.1, 0.15) is 11.5 Å². The van der Waals surface area contributed by atoms with Crippen LogP contribution in [-0.4, -0.2) is 5.67 Å². The fraction of sp³-hybridized carbons (Fsp3) is 0.375. The topological polar surface area (TPSA) is 23.8 Å². The molecule has 0 aliphatic heterocycles. The van der Waals surface area contributed by atoms with Crippen molar-refractivity contribution in [2.45, 2.75) is 18.5 Å². The normalized spacial score (nSPS) is 29.4. The van der Waals surface area contributed by atoms with E-state index < -0.39 is 11.5 Å². The van der Waals surface area contributed by atoms with Gasteiger partial charge in [0.2, 0.25) is 0 Å². The molecule has 1 aliphatic carbocycles. The van der Waals surface area contributed by atoms with E-state index in [-0.39, 0.29) is 12.8 Å². The van der Waals surface area contributed by atoms with Gasteiger partial charge in [0.25, 0.3) is 0 Å². The zero-order valence-corrected chi connectivity index (χ0v) is 5.85. The first kappa shape index (κ1) is 7.93. The van der Waals surface area contributed by atoms with E-state index in [1.807, 2.05) is 0 Å². The number of nitriles is 1. The highest BCUT2D eigenvalue weighted by Crippen LogP contribution is 2.30. The van der Waals surface area contributed by atoms with Crippen LogP contribution in [-0.2, 0) is 0 Å². The summed E-state index contributed by atoms with van der Waals surface area (Å²) in [5.41, 5.74) is -1.78. The highest BCUT2D eigenvalue weighted by atomic mass is 19.1. The summed E-state index contributed by atoms with van der Waals surface area (Å²) in [6.07, 6.45) is 3.13. The first-order valence-corrected chi connectivity index (χ1v) is 3.26. The van der Waals surface area contributed by atoms with Gasteiger partial charge < -0.3 is 0 Å². The van der Waals surface area contributed by atoms with Crippen LogP contribution >= 0.6 is 0 Å². The number of nitrogens with zero attached hydrogens (tertiary/aromatic N) is 1. The maximum Gasteiger partial charge on any atom is 0.148 e. The van der Waals surface area contributed by atoms with Gasteiger partial charge in [0.15, 0.2) is 0 Å². The van der Waals surface area contributed by atoms with Crippen LogP contribution in [0.1, 0.15) is 12.8 Å². The monoisotopic (exact) mass is 155 g/mol. The van der Waals surface area contributed by atoms with Crippen molar-refractivity contribution in [3.8, 4) is 6.07 Å². The Morgan fingerprint density at radius 3 is 3.00 bits per heavy atom. The molecule has 11 heavy (non-hydrogen) atoms. The van der Waals surface area contributed by atoms with E-state index in [0.29, 0.717) is 0 Å². The molecular weight excluding hydrogens is 148 g/mol. The average Bonchev–Trinajstić information content (AvgIpc) is 1.86. The third-order valence-corrected chi connectivity index (χ3v) is 1.51. The van der Waals surface area contributed by atoms with Crippen LogP contribution in [0.2, 0.25) is 0 Å². The first-order valence-electron chi connectivity index (χ1n) is 3.26. The van der Waals surface area contributed by atoms with Crippen molar-refractivity contribution < 1.29 is 8.78 Å². The molecule has 0 spiro atoms. The van der Waals surface area contributed by atoms with Gasteiger partial charge in [-0.3, -0.25) is 0 Å². The van der Waals surface area contributed by atoms with Crippen LogP contribution in [0.15, 0.2) is 24.1 Å². The standard InChI is InChI=1S/C8H7F2N/c9-7-2-1-3-8(10,6-7)4-5-11/h1-3H,4,6H2. The van der Waals surface area contributed by atoms with E-state index in [2.05, 4.69) is 0 Å². The van der Waals surface area contributed by atoms with Crippen molar-refractivity contribution in [1.82, 2.24) is 0 Å². The van der Waals surface area contributed by atoms with Crippen molar-refractivity contribution >= 4 is 0 Å². The summed E-state index contributed by atoms with van der Waals surface area (Å²) in [5, 5.41) is 8.20. The van der Waals surface area contributed by atoms with Crippen molar-refractivity contribution in [2.24, 2.45) is 0 Å². The number of halogens is 2. The van der Waals surface area contributed by atoms with E-state index in [1.54, 1.807) is 6.07 Å². The molecule has 58 valence electrons. The Kier molecular flexibility index (Phi) is 2.04. The molecule has 1 atom stereocenters. The van der Waals surface area contributed by atoms with Gasteiger partial charge >= 0.3 is 0 Å². The van der Waals surface area contributed by atoms with Gasteiger partial charge in [0, 0.05) is 6.42 Å². The molecular formula is C8H7F2N. The van der Waals surface area contributed by atoms with Gasteiger partial charge in [-0.05, 0) is 12.2 Å². The van der Waals surface area contributed by atoms with Crippen molar-refractivity contribution in [3.63, 3.8) is 0 Å². The second-order valence-corrected chi connectivity index (χ2v) is 2.52. The molecule has 0 radical (unpaired) electrons. The number of hydrogen-bond acceptors (Lipinski definition) is 1. The Morgan fingerprint density at radius 1 is 1.73 bits per heavy atom. The average molecular weight is 155 g/mol. The minimum Gasteiger partial charge on any atom is -0.238 e. The Labute approximate surface area is 63.6 Å². The maximum atomic E-state index is 13.2. The molecule has 0 saturated carbocycles. The van der Waals surface area contributed by atoms with E-state index in [9.17, 15) is 8.78 Å². The van der Waals surface area contributed by atoms with Gasteiger partial charge in [-0.15, -0.1) is 0 Å². The summed E-state index contributed by atoms with van der Waals surface area (Å²) in [7, 11) is 0. The second kappa shape index (κ2) is 2.83. The third kappa shape index (κ3) is 1.87. The lowest BCUT2D eigenvalue weighted by Crippen LogP contribution is -2.20. The Balaban J connectivity index is 2.71. The Hall–Kier alpha value is -1.17. The molecule has 1 rings (SSSR count). The van der Waals surface area contributed by atoms with E-state index in [1.165, 1.54) is 18.2 Å². The lowest BCUT2D eigenvalue weighted by Gasteiger charge is -2.19. The van der Waals surface area contributed by atoms with E-state index >= 15 is 0 Å². The van der Waals surface area contributed by atoms with Crippen LogP contribution in [0.5, 0.6) is 0 Å². The third-order valence-electron chi connectivity index (χ3n) is 1.51. The molecule has 1 nitrogen and oxygen atoms in total. The fourth-order valence-corrected chi connectivity index (χ4v) is 0.976. The molecule has 0 amide bonds. The van der Waals surface area contributed by atoms with Crippen LogP contribution in [0.3, 0.4) is 0 Å². The molecule has 1 aliphatic rings. The smallest absolute Gasteiger partial charge is 0.148 e. The molecule has 0 aromatic carbocycles. The molecule has 0 saturated heterocycles. The predicted molar refractivity (Wildman–Crippen MR) is 37.0 cm³/mol. The Morgan fingerprint density at radius 2 is 2.45 bits per heavy atom.